The lowest BCUT2D eigenvalue weighted by molar-refractivity contribution is 0.0528. The number of carbonyl (C=O) groups excluding carboxylic acids is 1. The van der Waals surface area contributed by atoms with E-state index in [4.69, 9.17) is 4.74 Å². The van der Waals surface area contributed by atoms with Gasteiger partial charge >= 0.3 is 5.97 Å². The molecule has 0 amide bonds. The lowest BCUT2D eigenvalue weighted by Crippen LogP contribution is -2.04. The van der Waals surface area contributed by atoms with Crippen molar-refractivity contribution in [2.24, 2.45) is 0 Å². The predicted octanol–water partition coefficient (Wildman–Crippen LogP) is 2.58. The minimum atomic E-state index is -0.344. The normalized spacial score (nSPS) is 10.7. The summed E-state index contributed by atoms with van der Waals surface area (Å²) in [6.07, 6.45) is 3.34. The standard InChI is InChI=1S/C11H11BrN2O2/c1-3-16-11(15)8-6-13-14-5-4-7(2)9(12)10(8)14/h4-6H,3H2,1-2H3. The first-order valence-electron chi connectivity index (χ1n) is 4.94. The van der Waals surface area contributed by atoms with E-state index in [0.717, 1.165) is 15.6 Å². The van der Waals surface area contributed by atoms with Gasteiger partial charge in [0, 0.05) is 10.7 Å². The van der Waals surface area contributed by atoms with E-state index in [0.29, 0.717) is 12.2 Å². The number of nitrogens with zero attached hydrogens (tertiary/aromatic N) is 2. The average molecular weight is 283 g/mol. The third-order valence-corrected chi connectivity index (χ3v) is 3.31. The average Bonchev–Trinajstić information content (AvgIpc) is 2.68. The van der Waals surface area contributed by atoms with Gasteiger partial charge in [0.05, 0.1) is 18.3 Å². The van der Waals surface area contributed by atoms with Crippen molar-refractivity contribution < 1.29 is 9.53 Å². The smallest absolute Gasteiger partial charge is 0.342 e. The number of aryl methyl sites for hydroxylation is 1. The van der Waals surface area contributed by atoms with Crippen LogP contribution in [0.1, 0.15) is 22.8 Å². The molecule has 2 rings (SSSR count). The van der Waals surface area contributed by atoms with Gasteiger partial charge in [-0.2, -0.15) is 5.10 Å². The molecule has 2 heterocycles. The van der Waals surface area contributed by atoms with E-state index in [9.17, 15) is 4.79 Å². The molecule has 0 atom stereocenters. The minimum Gasteiger partial charge on any atom is -0.462 e. The second-order valence-corrected chi connectivity index (χ2v) is 4.18. The minimum absolute atomic E-state index is 0.344. The van der Waals surface area contributed by atoms with E-state index in [-0.39, 0.29) is 5.97 Å². The monoisotopic (exact) mass is 282 g/mol. The Kier molecular flexibility index (Phi) is 2.96. The van der Waals surface area contributed by atoms with Gasteiger partial charge in [0.1, 0.15) is 5.56 Å². The van der Waals surface area contributed by atoms with Crippen molar-refractivity contribution in [2.45, 2.75) is 13.8 Å². The highest BCUT2D eigenvalue weighted by Gasteiger charge is 2.16. The predicted molar refractivity (Wildman–Crippen MR) is 63.6 cm³/mol. The summed E-state index contributed by atoms with van der Waals surface area (Å²) in [4.78, 5) is 11.7. The first-order chi connectivity index (χ1) is 7.65. The molecule has 0 spiro atoms. The molecule has 0 aliphatic carbocycles. The molecule has 2 aromatic rings. The van der Waals surface area contributed by atoms with Gasteiger partial charge in [-0.15, -0.1) is 0 Å². The van der Waals surface area contributed by atoms with E-state index >= 15 is 0 Å². The van der Waals surface area contributed by atoms with Crippen molar-refractivity contribution in [1.29, 1.82) is 0 Å². The van der Waals surface area contributed by atoms with Crippen molar-refractivity contribution in [1.82, 2.24) is 9.61 Å². The lowest BCUT2D eigenvalue weighted by Gasteiger charge is -2.03. The van der Waals surface area contributed by atoms with Crippen molar-refractivity contribution in [2.75, 3.05) is 6.61 Å². The number of rotatable bonds is 2. The SMILES string of the molecule is CCOC(=O)c1cnn2ccc(C)c(Br)c12. The maximum Gasteiger partial charge on any atom is 0.342 e. The third kappa shape index (κ3) is 1.71. The number of aromatic nitrogens is 2. The van der Waals surface area contributed by atoms with Gasteiger partial charge in [0.25, 0.3) is 0 Å². The summed E-state index contributed by atoms with van der Waals surface area (Å²) in [6, 6.07) is 1.93. The van der Waals surface area contributed by atoms with E-state index in [1.54, 1.807) is 11.4 Å². The van der Waals surface area contributed by atoms with Gasteiger partial charge in [0.2, 0.25) is 0 Å². The van der Waals surface area contributed by atoms with Crippen LogP contribution in [0, 0.1) is 6.92 Å². The molecule has 0 aromatic carbocycles. The zero-order valence-corrected chi connectivity index (χ0v) is 10.6. The first-order valence-corrected chi connectivity index (χ1v) is 5.74. The fourth-order valence-corrected chi connectivity index (χ4v) is 2.02. The molecule has 0 saturated heterocycles. The summed E-state index contributed by atoms with van der Waals surface area (Å²) in [6.45, 7) is 4.11. The van der Waals surface area contributed by atoms with Crippen LogP contribution in [0.5, 0.6) is 0 Å². The molecule has 0 saturated carbocycles. The van der Waals surface area contributed by atoms with Crippen molar-refractivity contribution in [3.8, 4) is 0 Å². The quantitative estimate of drug-likeness (QED) is 0.796. The topological polar surface area (TPSA) is 43.6 Å². The molecule has 2 aromatic heterocycles. The van der Waals surface area contributed by atoms with Gasteiger partial charge in [-0.1, -0.05) is 0 Å². The lowest BCUT2D eigenvalue weighted by atomic mass is 10.2. The van der Waals surface area contributed by atoms with Crippen LogP contribution in [0.4, 0.5) is 0 Å². The maximum absolute atomic E-state index is 11.7. The molecule has 16 heavy (non-hydrogen) atoms. The van der Waals surface area contributed by atoms with Crippen LogP contribution < -0.4 is 0 Å². The Morgan fingerprint density at radius 1 is 1.62 bits per heavy atom. The summed E-state index contributed by atoms with van der Waals surface area (Å²) < 4.78 is 7.50. The number of hydrogen-bond acceptors (Lipinski definition) is 3. The molecule has 0 aliphatic heterocycles. The molecule has 84 valence electrons. The second kappa shape index (κ2) is 4.25. The second-order valence-electron chi connectivity index (χ2n) is 3.38. The van der Waals surface area contributed by atoms with Crippen LogP contribution in [-0.2, 0) is 4.74 Å². The van der Waals surface area contributed by atoms with Gasteiger partial charge in [0.15, 0.2) is 0 Å². The molecule has 0 unspecified atom stereocenters. The maximum atomic E-state index is 11.7. The van der Waals surface area contributed by atoms with E-state index in [2.05, 4.69) is 21.0 Å². The van der Waals surface area contributed by atoms with Crippen LogP contribution in [0.2, 0.25) is 0 Å². The number of pyridine rings is 1. The molecular formula is C11H11BrN2O2. The van der Waals surface area contributed by atoms with Crippen LogP contribution in [0.3, 0.4) is 0 Å². The van der Waals surface area contributed by atoms with Gasteiger partial charge in [-0.3, -0.25) is 0 Å². The number of esters is 1. The summed E-state index contributed by atoms with van der Waals surface area (Å²) in [5.74, 6) is -0.344. The van der Waals surface area contributed by atoms with Crippen molar-refractivity contribution in [3.05, 3.63) is 34.1 Å². The zero-order chi connectivity index (χ0) is 11.7. The largest absolute Gasteiger partial charge is 0.462 e. The third-order valence-electron chi connectivity index (χ3n) is 2.31. The summed E-state index contributed by atoms with van der Waals surface area (Å²) in [5, 5.41) is 4.11. The Morgan fingerprint density at radius 3 is 3.06 bits per heavy atom. The summed E-state index contributed by atoms with van der Waals surface area (Å²) >= 11 is 3.46. The molecule has 0 radical (unpaired) electrons. The first kappa shape index (κ1) is 11.1. The molecule has 0 bridgehead atoms. The van der Waals surface area contributed by atoms with Gasteiger partial charge in [-0.25, -0.2) is 9.31 Å². The van der Waals surface area contributed by atoms with Gasteiger partial charge in [-0.05, 0) is 41.4 Å². The summed E-state index contributed by atoms with van der Waals surface area (Å²) in [7, 11) is 0. The van der Waals surface area contributed by atoms with Crippen LogP contribution in [0.15, 0.2) is 22.9 Å². The Balaban J connectivity index is 2.63. The van der Waals surface area contributed by atoms with Gasteiger partial charge < -0.3 is 4.74 Å². The van der Waals surface area contributed by atoms with E-state index in [1.807, 2.05) is 19.2 Å². The van der Waals surface area contributed by atoms with E-state index < -0.39 is 0 Å². The highest BCUT2D eigenvalue weighted by Crippen LogP contribution is 2.25. The Morgan fingerprint density at radius 2 is 2.38 bits per heavy atom. The fourth-order valence-electron chi connectivity index (χ4n) is 1.49. The molecule has 0 N–H and O–H groups in total. The van der Waals surface area contributed by atoms with Crippen LogP contribution in [0.25, 0.3) is 5.52 Å². The summed E-state index contributed by atoms with van der Waals surface area (Å²) in [5.41, 5.74) is 2.29. The highest BCUT2D eigenvalue weighted by atomic mass is 79.9. The number of halogens is 1. The Bertz CT molecular complexity index is 548. The fraction of sp³-hybridized carbons (Fsp3) is 0.273. The van der Waals surface area contributed by atoms with Crippen molar-refractivity contribution >= 4 is 27.4 Å². The highest BCUT2D eigenvalue weighted by molar-refractivity contribution is 9.10. The molecule has 4 nitrogen and oxygen atoms in total. The van der Waals surface area contributed by atoms with E-state index in [1.165, 1.54) is 6.20 Å². The zero-order valence-electron chi connectivity index (χ0n) is 9.03. The molecular weight excluding hydrogens is 272 g/mol. The van der Waals surface area contributed by atoms with Crippen molar-refractivity contribution in [3.63, 3.8) is 0 Å². The Labute approximate surface area is 101 Å². The molecule has 0 fully saturated rings. The number of carbonyl (C=O) groups is 1. The number of fused-ring (bicyclic) bond motifs is 1. The number of hydrogen-bond donors (Lipinski definition) is 0. The molecule has 5 heteroatoms. The molecule has 0 aliphatic rings. The Hall–Kier alpha value is -1.36. The van der Waals surface area contributed by atoms with Crippen LogP contribution in [-0.4, -0.2) is 22.2 Å². The number of ether oxygens (including phenoxy) is 1. The van der Waals surface area contributed by atoms with Crippen LogP contribution >= 0.6 is 15.9 Å².